The van der Waals surface area contributed by atoms with E-state index in [-0.39, 0.29) is 3.79 Å². The molecule has 2 heteroatoms. The molecular formula is C9H5IO. The Bertz CT molecular complexity index is 305. The quantitative estimate of drug-likeness (QED) is 0.394. The number of halogens is 1. The Hall–Kier alpha value is -0.820. The van der Waals surface area contributed by atoms with Crippen LogP contribution in [-0.4, -0.2) is 3.79 Å². The number of rotatable bonds is 0. The summed E-state index contributed by atoms with van der Waals surface area (Å²) in [5.41, 5.74) is 0.873. The fourth-order valence-corrected chi connectivity index (χ4v) is 0.778. The van der Waals surface area contributed by atoms with E-state index < -0.39 is 0 Å². The van der Waals surface area contributed by atoms with E-state index in [0.717, 1.165) is 5.56 Å². The van der Waals surface area contributed by atoms with Crippen LogP contribution in [0.4, 0.5) is 0 Å². The molecule has 0 radical (unpaired) electrons. The van der Waals surface area contributed by atoms with Crippen molar-refractivity contribution in [3.05, 3.63) is 35.9 Å². The second-order valence-corrected chi connectivity index (χ2v) is 2.87. The van der Waals surface area contributed by atoms with Crippen LogP contribution in [0.25, 0.3) is 0 Å². The Morgan fingerprint density at radius 3 is 2.45 bits per heavy atom. The van der Waals surface area contributed by atoms with E-state index in [1.165, 1.54) is 0 Å². The van der Waals surface area contributed by atoms with Gasteiger partial charge in [-0.2, -0.15) is 0 Å². The maximum Gasteiger partial charge on any atom is 0.265 e. The Morgan fingerprint density at radius 1 is 1.27 bits per heavy atom. The van der Waals surface area contributed by atoms with Crippen LogP contribution < -0.4 is 0 Å². The highest BCUT2D eigenvalue weighted by molar-refractivity contribution is 14.1. The third kappa shape index (κ3) is 3.19. The highest BCUT2D eigenvalue weighted by Crippen LogP contribution is 1.95. The summed E-state index contributed by atoms with van der Waals surface area (Å²) in [4.78, 5) is 10.4. The third-order valence-electron chi connectivity index (χ3n) is 1.08. The summed E-state index contributed by atoms with van der Waals surface area (Å²) in [5, 5.41) is 0. The first-order valence-electron chi connectivity index (χ1n) is 3.05. The van der Waals surface area contributed by atoms with Gasteiger partial charge in [-0.05, 0) is 18.1 Å². The molecule has 0 aliphatic heterocycles. The van der Waals surface area contributed by atoms with Gasteiger partial charge in [0.05, 0.1) is 0 Å². The Labute approximate surface area is 78.9 Å². The van der Waals surface area contributed by atoms with Crippen molar-refractivity contribution < 1.29 is 4.79 Å². The molecule has 0 N–H and O–H groups in total. The van der Waals surface area contributed by atoms with Crippen molar-refractivity contribution in [3.63, 3.8) is 0 Å². The molecule has 0 amide bonds. The lowest BCUT2D eigenvalue weighted by Crippen LogP contribution is -1.76. The summed E-state index contributed by atoms with van der Waals surface area (Å²) in [6.07, 6.45) is 0. The molecule has 0 bridgehead atoms. The molecule has 0 fully saturated rings. The monoisotopic (exact) mass is 256 g/mol. The van der Waals surface area contributed by atoms with E-state index in [1.807, 2.05) is 30.3 Å². The molecule has 0 spiro atoms. The number of hydrogen-bond donors (Lipinski definition) is 0. The Morgan fingerprint density at radius 2 is 1.91 bits per heavy atom. The minimum absolute atomic E-state index is 0.133. The standard InChI is InChI=1S/C9H5IO/c10-9(11)7-6-8-4-2-1-3-5-8/h1-5H. The number of benzene rings is 1. The smallest absolute Gasteiger partial charge is 0.265 e. The SMILES string of the molecule is O=C(I)C#Cc1ccccc1. The van der Waals surface area contributed by atoms with Gasteiger partial charge in [-0.3, -0.25) is 4.79 Å². The Kier molecular flexibility index (Phi) is 3.12. The summed E-state index contributed by atoms with van der Waals surface area (Å²) < 4.78 is -0.133. The molecular weight excluding hydrogens is 251 g/mol. The lowest BCUT2D eigenvalue weighted by molar-refractivity contribution is -0.104. The van der Waals surface area contributed by atoms with E-state index in [1.54, 1.807) is 22.6 Å². The molecule has 0 aromatic heterocycles. The molecule has 0 aliphatic carbocycles. The molecule has 0 unspecified atom stereocenters. The predicted octanol–water partition coefficient (Wildman–Crippen LogP) is 2.00. The summed E-state index contributed by atoms with van der Waals surface area (Å²) in [6, 6.07) is 9.43. The molecule has 1 rings (SSSR count). The molecule has 1 aromatic rings. The number of carbonyl (C=O) groups excluding carboxylic acids is 1. The van der Waals surface area contributed by atoms with Gasteiger partial charge < -0.3 is 0 Å². The van der Waals surface area contributed by atoms with Crippen LogP contribution >= 0.6 is 22.6 Å². The van der Waals surface area contributed by atoms with Crippen molar-refractivity contribution in [1.82, 2.24) is 0 Å². The van der Waals surface area contributed by atoms with Crippen LogP contribution in [0.1, 0.15) is 5.56 Å². The van der Waals surface area contributed by atoms with Gasteiger partial charge in [-0.1, -0.05) is 24.1 Å². The highest BCUT2D eigenvalue weighted by atomic mass is 127. The van der Waals surface area contributed by atoms with E-state index in [9.17, 15) is 4.79 Å². The topological polar surface area (TPSA) is 17.1 Å². The van der Waals surface area contributed by atoms with Crippen molar-refractivity contribution in [3.8, 4) is 11.8 Å². The van der Waals surface area contributed by atoms with Crippen molar-refractivity contribution in [2.24, 2.45) is 0 Å². The summed E-state index contributed by atoms with van der Waals surface area (Å²) in [6.45, 7) is 0. The van der Waals surface area contributed by atoms with Crippen LogP contribution in [0, 0.1) is 11.8 Å². The van der Waals surface area contributed by atoms with Gasteiger partial charge in [0.2, 0.25) is 0 Å². The second-order valence-electron chi connectivity index (χ2n) is 1.89. The highest BCUT2D eigenvalue weighted by Gasteiger charge is 1.83. The van der Waals surface area contributed by atoms with Crippen LogP contribution in [0.3, 0.4) is 0 Å². The van der Waals surface area contributed by atoms with E-state index in [4.69, 9.17) is 0 Å². The van der Waals surface area contributed by atoms with E-state index in [2.05, 4.69) is 11.8 Å². The zero-order valence-corrected chi connectivity index (χ0v) is 7.83. The maximum atomic E-state index is 10.4. The molecule has 1 nitrogen and oxygen atoms in total. The van der Waals surface area contributed by atoms with Gasteiger partial charge in [0.1, 0.15) is 0 Å². The van der Waals surface area contributed by atoms with Crippen LogP contribution in [0.5, 0.6) is 0 Å². The molecule has 54 valence electrons. The molecule has 0 saturated heterocycles. The summed E-state index contributed by atoms with van der Waals surface area (Å²) in [7, 11) is 0. The fourth-order valence-electron chi connectivity index (χ4n) is 0.643. The lowest BCUT2D eigenvalue weighted by atomic mass is 10.2. The van der Waals surface area contributed by atoms with Gasteiger partial charge in [-0.25, -0.2) is 0 Å². The molecule has 0 saturated carbocycles. The average Bonchev–Trinajstić information content (AvgIpc) is 2.03. The molecule has 0 aliphatic rings. The third-order valence-corrected chi connectivity index (χ3v) is 1.35. The minimum Gasteiger partial charge on any atom is -0.273 e. The summed E-state index contributed by atoms with van der Waals surface area (Å²) in [5.74, 6) is 5.20. The zero-order chi connectivity index (χ0) is 8.10. The minimum atomic E-state index is -0.133. The van der Waals surface area contributed by atoms with Gasteiger partial charge in [0, 0.05) is 28.2 Å². The van der Waals surface area contributed by atoms with Gasteiger partial charge in [0.25, 0.3) is 3.79 Å². The average molecular weight is 256 g/mol. The first kappa shape index (κ1) is 8.28. The molecule has 1 aromatic carbocycles. The first-order chi connectivity index (χ1) is 5.29. The van der Waals surface area contributed by atoms with Crippen LogP contribution in [0.15, 0.2) is 30.3 Å². The molecule has 11 heavy (non-hydrogen) atoms. The van der Waals surface area contributed by atoms with Gasteiger partial charge >= 0.3 is 0 Å². The van der Waals surface area contributed by atoms with Gasteiger partial charge in [0.15, 0.2) is 0 Å². The maximum absolute atomic E-state index is 10.4. The van der Waals surface area contributed by atoms with Gasteiger partial charge in [-0.15, -0.1) is 0 Å². The second kappa shape index (κ2) is 4.14. The predicted molar refractivity (Wildman–Crippen MR) is 52.3 cm³/mol. The van der Waals surface area contributed by atoms with Crippen molar-refractivity contribution in [2.45, 2.75) is 0 Å². The van der Waals surface area contributed by atoms with Crippen LogP contribution in [0.2, 0.25) is 0 Å². The molecule has 0 atom stereocenters. The summed E-state index contributed by atoms with van der Waals surface area (Å²) >= 11 is 1.66. The number of carbonyl (C=O) groups is 1. The zero-order valence-electron chi connectivity index (χ0n) is 5.67. The van der Waals surface area contributed by atoms with Crippen molar-refractivity contribution in [1.29, 1.82) is 0 Å². The van der Waals surface area contributed by atoms with Crippen molar-refractivity contribution >= 4 is 26.4 Å². The largest absolute Gasteiger partial charge is 0.273 e. The van der Waals surface area contributed by atoms with E-state index in [0.29, 0.717) is 0 Å². The molecule has 0 heterocycles. The van der Waals surface area contributed by atoms with Crippen molar-refractivity contribution in [2.75, 3.05) is 0 Å². The Balaban J connectivity index is 2.83. The number of hydrogen-bond acceptors (Lipinski definition) is 1. The fraction of sp³-hybridized carbons (Fsp3) is 0. The lowest BCUT2D eigenvalue weighted by Gasteiger charge is -1.83. The normalized spacial score (nSPS) is 8.09. The first-order valence-corrected chi connectivity index (χ1v) is 4.13. The van der Waals surface area contributed by atoms with Crippen LogP contribution in [-0.2, 0) is 4.79 Å². The van der Waals surface area contributed by atoms with E-state index >= 15 is 0 Å².